The molecule has 100 valence electrons. The molecule has 0 aliphatic carbocycles. The van der Waals surface area contributed by atoms with Gasteiger partial charge in [-0.2, -0.15) is 0 Å². The molecule has 0 amide bonds. The average Bonchev–Trinajstić information content (AvgIpc) is 2.37. The fraction of sp³-hybridized carbons (Fsp3) is 0.571. The number of hydrogen-bond donors (Lipinski definition) is 2. The van der Waals surface area contributed by atoms with Crippen molar-refractivity contribution in [2.45, 2.75) is 31.3 Å². The molecule has 0 radical (unpaired) electrons. The van der Waals surface area contributed by atoms with Crippen LogP contribution in [0.1, 0.15) is 19.8 Å². The number of hydrogen-bond acceptors (Lipinski definition) is 3. The number of nitrogens with two attached hydrogens (primary N) is 1. The Kier molecular flexibility index (Phi) is 3.88. The van der Waals surface area contributed by atoms with Gasteiger partial charge in [0.15, 0.2) is 0 Å². The summed E-state index contributed by atoms with van der Waals surface area (Å²) in [5.41, 5.74) is 6.85. The van der Waals surface area contributed by atoms with Crippen LogP contribution in [0, 0.1) is 5.82 Å². The first-order chi connectivity index (χ1) is 8.54. The molecule has 0 spiro atoms. The van der Waals surface area contributed by atoms with Crippen molar-refractivity contribution in [3.63, 3.8) is 0 Å². The van der Waals surface area contributed by atoms with Crippen molar-refractivity contribution in [2.24, 2.45) is 5.73 Å². The molecule has 2 rings (SSSR count). The molecule has 4 heteroatoms. The van der Waals surface area contributed by atoms with Gasteiger partial charge in [-0.25, -0.2) is 4.39 Å². The number of nitrogens with zero attached hydrogens (tertiary/aromatic N) is 1. The number of rotatable bonds is 3. The van der Waals surface area contributed by atoms with Crippen LogP contribution in [0.4, 0.5) is 10.1 Å². The number of piperidine rings is 1. The minimum Gasteiger partial charge on any atom is -0.378 e. The molecule has 3 nitrogen and oxygen atoms in total. The molecular formula is C14H22FN3. The normalized spacial score (nSPS) is 29.2. The predicted molar refractivity (Wildman–Crippen MR) is 73.1 cm³/mol. The smallest absolute Gasteiger partial charge is 0.123 e. The monoisotopic (exact) mass is 251 g/mol. The van der Waals surface area contributed by atoms with E-state index in [0.717, 1.165) is 25.1 Å². The minimum absolute atomic E-state index is 0.0657. The zero-order valence-corrected chi connectivity index (χ0v) is 11.1. The van der Waals surface area contributed by atoms with Gasteiger partial charge in [-0.05, 0) is 51.1 Å². The Morgan fingerprint density at radius 3 is 2.67 bits per heavy atom. The third kappa shape index (κ3) is 2.82. The second kappa shape index (κ2) is 5.24. The highest BCUT2D eigenvalue weighted by Gasteiger charge is 2.35. The van der Waals surface area contributed by atoms with Gasteiger partial charge in [0.25, 0.3) is 0 Å². The lowest BCUT2D eigenvalue weighted by atomic mass is 9.83. The summed E-state index contributed by atoms with van der Waals surface area (Å²) in [6, 6.07) is 7.01. The minimum atomic E-state index is -0.209. The highest BCUT2D eigenvalue weighted by atomic mass is 19.1. The van der Waals surface area contributed by atoms with E-state index in [4.69, 9.17) is 5.73 Å². The first-order valence-electron chi connectivity index (χ1n) is 6.49. The van der Waals surface area contributed by atoms with E-state index in [1.54, 1.807) is 12.1 Å². The third-order valence-corrected chi connectivity index (χ3v) is 4.03. The second-order valence-corrected chi connectivity index (χ2v) is 5.40. The van der Waals surface area contributed by atoms with Crippen LogP contribution in [0.25, 0.3) is 0 Å². The lowest BCUT2D eigenvalue weighted by Gasteiger charge is -2.45. The van der Waals surface area contributed by atoms with E-state index in [0.29, 0.717) is 12.6 Å². The summed E-state index contributed by atoms with van der Waals surface area (Å²) in [7, 11) is 2.14. The van der Waals surface area contributed by atoms with Crippen LogP contribution < -0.4 is 11.1 Å². The molecule has 1 heterocycles. The maximum atomic E-state index is 12.9. The second-order valence-electron chi connectivity index (χ2n) is 5.40. The van der Waals surface area contributed by atoms with Crippen LogP contribution in [0.5, 0.6) is 0 Å². The Labute approximate surface area is 108 Å². The third-order valence-electron chi connectivity index (χ3n) is 4.03. The maximum Gasteiger partial charge on any atom is 0.123 e. The van der Waals surface area contributed by atoms with Crippen LogP contribution in [-0.2, 0) is 0 Å². The van der Waals surface area contributed by atoms with Crippen LogP contribution in [0.15, 0.2) is 24.3 Å². The summed E-state index contributed by atoms with van der Waals surface area (Å²) in [6.07, 6.45) is 2.03. The molecule has 0 aromatic heterocycles. The van der Waals surface area contributed by atoms with E-state index in [9.17, 15) is 4.39 Å². The van der Waals surface area contributed by atoms with Gasteiger partial charge in [-0.15, -0.1) is 0 Å². The van der Waals surface area contributed by atoms with Gasteiger partial charge in [0.1, 0.15) is 5.82 Å². The molecule has 0 bridgehead atoms. The number of anilines is 1. The number of benzene rings is 1. The highest BCUT2D eigenvalue weighted by Crippen LogP contribution is 2.29. The molecule has 1 aromatic rings. The van der Waals surface area contributed by atoms with Crippen LogP contribution in [0.2, 0.25) is 0 Å². The van der Waals surface area contributed by atoms with Gasteiger partial charge < -0.3 is 16.0 Å². The Bertz CT molecular complexity index is 393. The molecule has 2 atom stereocenters. The fourth-order valence-electron chi connectivity index (χ4n) is 2.62. The summed E-state index contributed by atoms with van der Waals surface area (Å²) in [5, 5.41) is 3.50. The summed E-state index contributed by atoms with van der Waals surface area (Å²) in [6.45, 7) is 3.85. The first-order valence-corrected chi connectivity index (χ1v) is 6.49. The quantitative estimate of drug-likeness (QED) is 0.864. The molecule has 1 aromatic carbocycles. The van der Waals surface area contributed by atoms with Crippen molar-refractivity contribution in [1.29, 1.82) is 0 Å². The Morgan fingerprint density at radius 1 is 1.44 bits per heavy atom. The van der Waals surface area contributed by atoms with E-state index in [1.165, 1.54) is 12.1 Å². The Balaban J connectivity index is 2.11. The summed E-state index contributed by atoms with van der Waals surface area (Å²) >= 11 is 0. The van der Waals surface area contributed by atoms with E-state index in [1.807, 2.05) is 0 Å². The Hall–Kier alpha value is -1.13. The zero-order valence-electron chi connectivity index (χ0n) is 11.1. The molecular weight excluding hydrogens is 229 g/mol. The topological polar surface area (TPSA) is 41.3 Å². The summed E-state index contributed by atoms with van der Waals surface area (Å²) in [4.78, 5) is 2.35. The van der Waals surface area contributed by atoms with E-state index in [2.05, 4.69) is 24.2 Å². The van der Waals surface area contributed by atoms with Crippen LogP contribution in [-0.4, -0.2) is 36.6 Å². The van der Waals surface area contributed by atoms with E-state index in [-0.39, 0.29) is 11.4 Å². The molecule has 0 saturated carbocycles. The van der Waals surface area contributed by atoms with Gasteiger partial charge in [0, 0.05) is 24.8 Å². The SMILES string of the molecule is CC1CC(CN)(Nc2ccc(F)cc2)CCN1C. The number of nitrogens with one attached hydrogen (secondary N) is 1. The lowest BCUT2D eigenvalue weighted by molar-refractivity contribution is 0.147. The maximum absolute atomic E-state index is 12.9. The van der Waals surface area contributed by atoms with Crippen molar-refractivity contribution >= 4 is 5.69 Å². The number of halogens is 1. The van der Waals surface area contributed by atoms with Crippen molar-refractivity contribution in [2.75, 3.05) is 25.5 Å². The van der Waals surface area contributed by atoms with Gasteiger partial charge >= 0.3 is 0 Å². The number of likely N-dealkylation sites (tertiary alicyclic amines) is 1. The Morgan fingerprint density at radius 2 is 2.11 bits per heavy atom. The van der Waals surface area contributed by atoms with Gasteiger partial charge in [-0.3, -0.25) is 0 Å². The molecule has 1 fully saturated rings. The van der Waals surface area contributed by atoms with E-state index < -0.39 is 0 Å². The standard InChI is InChI=1S/C14H22FN3/c1-11-9-14(10-16,7-8-18(11)2)17-13-5-3-12(15)4-6-13/h3-6,11,17H,7-10,16H2,1-2H3. The van der Waals surface area contributed by atoms with Crippen molar-refractivity contribution in [1.82, 2.24) is 4.90 Å². The van der Waals surface area contributed by atoms with Crippen LogP contribution in [0.3, 0.4) is 0 Å². The molecule has 3 N–H and O–H groups in total. The summed E-state index contributed by atoms with van der Waals surface area (Å²) < 4.78 is 12.9. The molecule has 1 aliphatic heterocycles. The van der Waals surface area contributed by atoms with Crippen molar-refractivity contribution < 1.29 is 4.39 Å². The van der Waals surface area contributed by atoms with Crippen molar-refractivity contribution in [3.8, 4) is 0 Å². The van der Waals surface area contributed by atoms with Gasteiger partial charge in [0.05, 0.1) is 5.54 Å². The largest absolute Gasteiger partial charge is 0.378 e. The zero-order chi connectivity index (χ0) is 13.2. The molecule has 2 unspecified atom stereocenters. The predicted octanol–water partition coefficient (Wildman–Crippen LogP) is 2.05. The average molecular weight is 251 g/mol. The fourth-order valence-corrected chi connectivity index (χ4v) is 2.62. The molecule has 1 aliphatic rings. The van der Waals surface area contributed by atoms with Crippen LogP contribution >= 0.6 is 0 Å². The van der Waals surface area contributed by atoms with Crippen molar-refractivity contribution in [3.05, 3.63) is 30.1 Å². The van der Waals surface area contributed by atoms with E-state index >= 15 is 0 Å². The highest BCUT2D eigenvalue weighted by molar-refractivity contribution is 5.46. The molecule has 1 saturated heterocycles. The lowest BCUT2D eigenvalue weighted by Crippen LogP contribution is -2.55. The first kappa shape index (κ1) is 13.3. The summed E-state index contributed by atoms with van der Waals surface area (Å²) in [5.74, 6) is -0.209. The van der Waals surface area contributed by atoms with Gasteiger partial charge in [-0.1, -0.05) is 0 Å². The molecule has 18 heavy (non-hydrogen) atoms. The van der Waals surface area contributed by atoms with Gasteiger partial charge in [0.2, 0.25) is 0 Å².